The van der Waals surface area contributed by atoms with E-state index in [2.05, 4.69) is 28.4 Å². The van der Waals surface area contributed by atoms with Crippen LogP contribution in [0.25, 0.3) is 0 Å². The van der Waals surface area contributed by atoms with Crippen molar-refractivity contribution in [3.8, 4) is 0 Å². The second-order valence-electron chi connectivity index (χ2n) is 9.53. The summed E-state index contributed by atoms with van der Waals surface area (Å²) in [4.78, 5) is 54.3. The monoisotopic (exact) mass is 533 g/mol. The highest BCUT2D eigenvalue weighted by atomic mass is 32.2. The van der Waals surface area contributed by atoms with E-state index in [0.717, 1.165) is 35.3 Å². The molecule has 1 spiro atoms. The summed E-state index contributed by atoms with van der Waals surface area (Å²) in [5.41, 5.74) is 2.64. The Bertz CT molecular complexity index is 1010. The Balaban J connectivity index is 2.03. The Morgan fingerprint density at radius 2 is 1.97 bits per heavy atom. The van der Waals surface area contributed by atoms with E-state index in [1.54, 1.807) is 12.1 Å². The summed E-state index contributed by atoms with van der Waals surface area (Å²) in [5, 5.41) is 17.9. The van der Waals surface area contributed by atoms with E-state index < -0.39 is 35.2 Å². The van der Waals surface area contributed by atoms with Crippen LogP contribution in [0.15, 0.2) is 17.0 Å². The van der Waals surface area contributed by atoms with Crippen molar-refractivity contribution in [3.63, 3.8) is 0 Å². The summed E-state index contributed by atoms with van der Waals surface area (Å²) in [6.07, 6.45) is 8.61. The molecule has 2 aliphatic rings. The number of Topliss-reactive ketones (excluding diaryl/α,β-unsaturated/α-hetero) is 2. The number of anilines is 1. The van der Waals surface area contributed by atoms with Crippen LogP contribution in [0.1, 0.15) is 68.9 Å². The van der Waals surface area contributed by atoms with Crippen LogP contribution in [0.5, 0.6) is 0 Å². The lowest BCUT2D eigenvalue weighted by molar-refractivity contribution is -0.141. The molecular weight excluding hydrogens is 494 g/mol. The molecule has 0 radical (unpaired) electrons. The highest BCUT2D eigenvalue weighted by Crippen LogP contribution is 2.45. The number of carbonyl (C=O) groups excluding carboxylic acids is 4. The molecule has 1 aliphatic heterocycles. The lowest BCUT2D eigenvalue weighted by atomic mass is 9.83. The Labute approximate surface area is 222 Å². The van der Waals surface area contributed by atoms with Crippen LogP contribution in [-0.4, -0.2) is 72.2 Å². The van der Waals surface area contributed by atoms with Crippen LogP contribution < -0.4 is 21.4 Å². The summed E-state index contributed by atoms with van der Waals surface area (Å²) in [5.74, 6) is -1.59. The number of rotatable bonds is 12. The van der Waals surface area contributed by atoms with Gasteiger partial charge in [-0.15, -0.1) is 11.8 Å². The predicted octanol–water partition coefficient (Wildman–Crippen LogP) is 2.79. The number of ketones is 2. The van der Waals surface area contributed by atoms with Crippen LogP contribution in [0.3, 0.4) is 0 Å². The zero-order valence-corrected chi connectivity index (χ0v) is 22.7. The number of piperazine rings is 1. The lowest BCUT2D eigenvalue weighted by Gasteiger charge is -2.47. The molecule has 1 unspecified atom stereocenters. The summed E-state index contributed by atoms with van der Waals surface area (Å²) in [7, 11) is 1.45. The number of urea groups is 1. The Kier molecular flexibility index (Phi) is 10.4. The van der Waals surface area contributed by atoms with Crippen molar-refractivity contribution in [2.45, 2.75) is 80.8 Å². The molecule has 0 aromatic heterocycles. The van der Waals surface area contributed by atoms with Gasteiger partial charge >= 0.3 is 6.03 Å². The first-order chi connectivity index (χ1) is 17.9. The number of amides is 3. The minimum atomic E-state index is -1.84. The fourth-order valence-electron chi connectivity index (χ4n) is 5.75. The van der Waals surface area contributed by atoms with Gasteiger partial charge in [0.15, 0.2) is 17.1 Å². The van der Waals surface area contributed by atoms with Gasteiger partial charge in [0.2, 0.25) is 6.41 Å². The van der Waals surface area contributed by atoms with Crippen molar-refractivity contribution in [1.82, 2.24) is 20.9 Å². The van der Waals surface area contributed by atoms with Gasteiger partial charge in [-0.1, -0.05) is 45.1 Å². The van der Waals surface area contributed by atoms with Crippen molar-refractivity contribution < 1.29 is 24.4 Å². The second-order valence-corrected chi connectivity index (χ2v) is 10.3. The average molecular weight is 534 g/mol. The molecule has 2 fully saturated rings. The molecule has 1 aromatic rings. The van der Waals surface area contributed by atoms with E-state index in [4.69, 9.17) is 0 Å². The van der Waals surface area contributed by atoms with E-state index >= 15 is 0 Å². The Morgan fingerprint density at radius 1 is 1.24 bits per heavy atom. The zero-order valence-electron chi connectivity index (χ0n) is 21.9. The molecule has 1 aromatic carbocycles. The van der Waals surface area contributed by atoms with Crippen molar-refractivity contribution in [2.75, 3.05) is 31.9 Å². The SMILES string of the molecule is CCCCCCCCc1c([C@H]2CC(=O)[C@]3(C2=O)C(NC=O)NCCN3C(=O)NC)ccc(NO)c1SC. The molecule has 11 heteroatoms. The van der Waals surface area contributed by atoms with Gasteiger partial charge in [-0.05, 0) is 36.3 Å². The zero-order chi connectivity index (χ0) is 27.0. The Hall–Kier alpha value is -2.63. The molecule has 1 saturated carbocycles. The van der Waals surface area contributed by atoms with Gasteiger partial charge in [-0.3, -0.25) is 30.4 Å². The summed E-state index contributed by atoms with van der Waals surface area (Å²) < 4.78 is 0. The summed E-state index contributed by atoms with van der Waals surface area (Å²) in [6, 6.07) is 2.96. The first-order valence-corrected chi connectivity index (χ1v) is 14.2. The van der Waals surface area contributed by atoms with Crippen molar-refractivity contribution in [1.29, 1.82) is 0 Å². The molecule has 10 nitrogen and oxygen atoms in total. The quantitative estimate of drug-likeness (QED) is 0.0909. The van der Waals surface area contributed by atoms with Crippen molar-refractivity contribution in [3.05, 3.63) is 23.3 Å². The van der Waals surface area contributed by atoms with E-state index in [9.17, 15) is 24.4 Å². The normalized spacial score (nSPS) is 23.4. The summed E-state index contributed by atoms with van der Waals surface area (Å²) in [6.45, 7) is 2.65. The van der Waals surface area contributed by atoms with Gasteiger partial charge in [0.25, 0.3) is 0 Å². The first-order valence-electron chi connectivity index (χ1n) is 13.0. The third-order valence-corrected chi connectivity index (χ3v) is 8.38. The maximum absolute atomic E-state index is 14.3. The molecule has 1 saturated heterocycles. The number of hydrogen-bond acceptors (Lipinski definition) is 8. The van der Waals surface area contributed by atoms with Crippen LogP contribution in [0.2, 0.25) is 0 Å². The standard InChI is InChI=1S/C26H39N5O5S/c1-4-5-6-7-8-9-10-18-17(11-12-20(30-36)22(18)37-3)19-15-21(33)26(23(19)34)24(29-16-32)28-13-14-31(26)25(35)27-2/h11-12,16,19,24,28,30,36H,4-10,13-15H2,1-3H3,(H,27,35)(H,29,32)/t19-,24?,26+/m1/s1. The average Bonchev–Trinajstić information content (AvgIpc) is 3.16. The number of benzene rings is 1. The summed E-state index contributed by atoms with van der Waals surface area (Å²) >= 11 is 1.47. The van der Waals surface area contributed by atoms with Crippen molar-refractivity contribution >= 4 is 41.5 Å². The predicted molar refractivity (Wildman–Crippen MR) is 143 cm³/mol. The molecule has 3 rings (SSSR count). The van der Waals surface area contributed by atoms with E-state index in [0.29, 0.717) is 25.1 Å². The highest BCUT2D eigenvalue weighted by Gasteiger charge is 2.65. The molecule has 0 bridgehead atoms. The number of unbranched alkanes of at least 4 members (excludes halogenated alkanes) is 5. The topological polar surface area (TPSA) is 140 Å². The van der Waals surface area contributed by atoms with Crippen LogP contribution >= 0.6 is 11.8 Å². The number of hydrogen-bond donors (Lipinski definition) is 5. The number of nitrogens with one attached hydrogen (secondary N) is 4. The molecule has 5 N–H and O–H groups in total. The fraction of sp³-hybridized carbons (Fsp3) is 0.615. The van der Waals surface area contributed by atoms with Gasteiger partial charge in [0, 0.05) is 31.5 Å². The maximum atomic E-state index is 14.3. The molecule has 3 amide bonds. The van der Waals surface area contributed by atoms with E-state index in [1.807, 2.05) is 6.26 Å². The largest absolute Gasteiger partial charge is 0.341 e. The van der Waals surface area contributed by atoms with Crippen molar-refractivity contribution in [2.24, 2.45) is 0 Å². The van der Waals surface area contributed by atoms with E-state index in [1.165, 1.54) is 43.0 Å². The third kappa shape index (κ3) is 5.49. The van der Waals surface area contributed by atoms with Gasteiger partial charge in [-0.2, -0.15) is 0 Å². The van der Waals surface area contributed by atoms with E-state index in [-0.39, 0.29) is 13.0 Å². The van der Waals surface area contributed by atoms with Gasteiger partial charge in [-0.25, -0.2) is 4.79 Å². The second kappa shape index (κ2) is 13.3. The molecule has 1 heterocycles. The first kappa shape index (κ1) is 28.9. The number of thioether (sulfide) groups is 1. The van der Waals surface area contributed by atoms with Crippen LogP contribution in [0, 0.1) is 0 Å². The molecule has 37 heavy (non-hydrogen) atoms. The van der Waals surface area contributed by atoms with Gasteiger partial charge < -0.3 is 15.5 Å². The highest BCUT2D eigenvalue weighted by molar-refractivity contribution is 7.98. The smallest absolute Gasteiger partial charge is 0.318 e. The molecular formula is C26H39N5O5S. The number of nitrogens with zero attached hydrogens (tertiary/aromatic N) is 1. The lowest BCUT2D eigenvalue weighted by Crippen LogP contribution is -2.77. The Morgan fingerprint density at radius 3 is 2.62 bits per heavy atom. The maximum Gasteiger partial charge on any atom is 0.318 e. The van der Waals surface area contributed by atoms with Crippen LogP contribution in [0.4, 0.5) is 10.5 Å². The van der Waals surface area contributed by atoms with Gasteiger partial charge in [0.1, 0.15) is 6.17 Å². The minimum Gasteiger partial charge on any atom is -0.341 e. The molecule has 204 valence electrons. The van der Waals surface area contributed by atoms with Gasteiger partial charge in [0.05, 0.1) is 11.6 Å². The van der Waals surface area contributed by atoms with Crippen LogP contribution in [-0.2, 0) is 20.8 Å². The molecule has 3 atom stereocenters. The minimum absolute atomic E-state index is 0.0751. The molecule has 1 aliphatic carbocycles. The number of carbonyl (C=O) groups is 4. The third-order valence-electron chi connectivity index (χ3n) is 7.50. The fourth-order valence-corrected chi connectivity index (χ4v) is 6.55.